The zero-order chi connectivity index (χ0) is 18.8. The summed E-state index contributed by atoms with van der Waals surface area (Å²) >= 11 is 6.25. The molecule has 1 unspecified atom stereocenters. The molecule has 1 aromatic heterocycles. The standard InChI is InChI=1S/C20H19ClN2O4/c21-17-10-15(8-14-9-16(11-22)26-19(14)17)27-20(24)23-6-7-25-18(12-23)13-4-2-1-3-5-13/h1-5,8-10,18H,6-7,11-12,22H2. The summed E-state index contributed by atoms with van der Waals surface area (Å²) in [5, 5.41) is 1.12. The predicted octanol–water partition coefficient (Wildman–Crippen LogP) is 4.12. The Bertz CT molecular complexity index is 957. The van der Waals surface area contributed by atoms with Crippen LogP contribution in [0.5, 0.6) is 5.75 Å². The molecule has 1 atom stereocenters. The van der Waals surface area contributed by atoms with Crippen molar-refractivity contribution >= 4 is 28.7 Å². The molecule has 140 valence electrons. The molecule has 27 heavy (non-hydrogen) atoms. The normalized spacial score (nSPS) is 17.3. The average molecular weight is 387 g/mol. The van der Waals surface area contributed by atoms with Crippen molar-refractivity contribution in [3.05, 3.63) is 64.9 Å². The minimum Gasteiger partial charge on any atom is -0.458 e. The van der Waals surface area contributed by atoms with Crippen molar-refractivity contribution in [1.82, 2.24) is 4.90 Å². The summed E-state index contributed by atoms with van der Waals surface area (Å²) in [4.78, 5) is 14.3. The van der Waals surface area contributed by atoms with Crippen molar-refractivity contribution in [1.29, 1.82) is 0 Å². The number of hydrogen-bond donors (Lipinski definition) is 1. The van der Waals surface area contributed by atoms with E-state index in [1.807, 2.05) is 30.3 Å². The molecule has 2 N–H and O–H groups in total. The molecule has 0 saturated carbocycles. The number of carbonyl (C=O) groups excluding carboxylic acids is 1. The molecule has 0 spiro atoms. The summed E-state index contributed by atoms with van der Waals surface area (Å²) in [5.74, 6) is 0.985. The summed E-state index contributed by atoms with van der Waals surface area (Å²) < 4.78 is 16.9. The van der Waals surface area contributed by atoms with E-state index in [4.69, 9.17) is 31.2 Å². The maximum atomic E-state index is 12.6. The molecule has 0 radical (unpaired) electrons. The molecular formula is C20H19ClN2O4. The second-order valence-electron chi connectivity index (χ2n) is 6.32. The quantitative estimate of drug-likeness (QED) is 0.732. The van der Waals surface area contributed by atoms with Crippen LogP contribution >= 0.6 is 11.6 Å². The van der Waals surface area contributed by atoms with Crippen molar-refractivity contribution in [3.8, 4) is 5.75 Å². The highest BCUT2D eigenvalue weighted by Crippen LogP contribution is 2.32. The second kappa shape index (κ2) is 7.60. The molecule has 2 aromatic carbocycles. The van der Waals surface area contributed by atoms with Crippen LogP contribution in [0.2, 0.25) is 5.02 Å². The van der Waals surface area contributed by atoms with Gasteiger partial charge < -0.3 is 24.5 Å². The van der Waals surface area contributed by atoms with E-state index in [-0.39, 0.29) is 12.6 Å². The van der Waals surface area contributed by atoms with Gasteiger partial charge >= 0.3 is 6.09 Å². The number of amides is 1. The van der Waals surface area contributed by atoms with E-state index in [2.05, 4.69) is 0 Å². The van der Waals surface area contributed by atoms with Crippen molar-refractivity contribution in [3.63, 3.8) is 0 Å². The van der Waals surface area contributed by atoms with Gasteiger partial charge in [0.2, 0.25) is 0 Å². The van der Waals surface area contributed by atoms with E-state index in [0.29, 0.717) is 41.8 Å². The van der Waals surface area contributed by atoms with Crippen LogP contribution in [0.25, 0.3) is 11.0 Å². The number of nitrogens with two attached hydrogens (primary N) is 1. The van der Waals surface area contributed by atoms with Crippen LogP contribution in [0, 0.1) is 0 Å². The molecule has 1 aliphatic heterocycles. The first kappa shape index (κ1) is 17.9. The maximum Gasteiger partial charge on any atom is 0.415 e. The summed E-state index contributed by atoms with van der Waals surface area (Å²) in [6, 6.07) is 14.9. The first-order valence-corrected chi connectivity index (χ1v) is 9.07. The van der Waals surface area contributed by atoms with Gasteiger partial charge in [-0.15, -0.1) is 0 Å². The maximum absolute atomic E-state index is 12.6. The number of rotatable bonds is 3. The number of furan rings is 1. The number of hydrogen-bond acceptors (Lipinski definition) is 5. The van der Waals surface area contributed by atoms with Crippen LogP contribution in [0.3, 0.4) is 0 Å². The van der Waals surface area contributed by atoms with Gasteiger partial charge in [-0.05, 0) is 17.7 Å². The van der Waals surface area contributed by atoms with E-state index >= 15 is 0 Å². The summed E-state index contributed by atoms with van der Waals surface area (Å²) in [7, 11) is 0. The van der Waals surface area contributed by atoms with Crippen LogP contribution in [-0.2, 0) is 11.3 Å². The first-order valence-electron chi connectivity index (χ1n) is 8.69. The fourth-order valence-corrected chi connectivity index (χ4v) is 3.40. The average Bonchev–Trinajstić information content (AvgIpc) is 3.13. The lowest BCUT2D eigenvalue weighted by Crippen LogP contribution is -2.43. The van der Waals surface area contributed by atoms with Crippen LogP contribution < -0.4 is 10.5 Å². The molecule has 6 nitrogen and oxygen atoms in total. The van der Waals surface area contributed by atoms with E-state index in [0.717, 1.165) is 10.9 Å². The fourth-order valence-electron chi connectivity index (χ4n) is 3.15. The summed E-state index contributed by atoms with van der Waals surface area (Å²) in [6.45, 7) is 1.63. The van der Waals surface area contributed by atoms with Gasteiger partial charge in [0, 0.05) is 18.0 Å². The monoisotopic (exact) mass is 386 g/mol. The first-order chi connectivity index (χ1) is 13.1. The molecule has 1 amide bonds. The molecular weight excluding hydrogens is 368 g/mol. The van der Waals surface area contributed by atoms with E-state index in [1.165, 1.54) is 0 Å². The van der Waals surface area contributed by atoms with Crippen molar-refractivity contribution in [2.75, 3.05) is 19.7 Å². The van der Waals surface area contributed by atoms with E-state index < -0.39 is 6.09 Å². The van der Waals surface area contributed by atoms with Crippen LogP contribution in [0.1, 0.15) is 17.4 Å². The Kier molecular flexibility index (Phi) is 5.03. The SMILES string of the molecule is NCc1cc2cc(OC(=O)N3CCOC(c4ccccc4)C3)cc(Cl)c2o1. The number of carbonyl (C=O) groups is 1. The minimum absolute atomic E-state index is 0.167. The Morgan fingerprint density at radius 3 is 2.85 bits per heavy atom. The number of halogens is 1. The number of fused-ring (bicyclic) bond motifs is 1. The molecule has 4 rings (SSSR count). The second-order valence-corrected chi connectivity index (χ2v) is 6.73. The Morgan fingerprint density at radius 1 is 1.26 bits per heavy atom. The van der Waals surface area contributed by atoms with E-state index in [9.17, 15) is 4.79 Å². The Balaban J connectivity index is 1.49. The molecule has 0 aliphatic carbocycles. The van der Waals surface area contributed by atoms with Crippen molar-refractivity contribution < 1.29 is 18.7 Å². The lowest BCUT2D eigenvalue weighted by atomic mass is 10.1. The molecule has 7 heteroatoms. The van der Waals surface area contributed by atoms with Gasteiger partial charge in [-0.25, -0.2) is 4.79 Å². The summed E-state index contributed by atoms with van der Waals surface area (Å²) in [6.07, 6.45) is -0.600. The molecule has 1 saturated heterocycles. The Hall–Kier alpha value is -2.54. The van der Waals surface area contributed by atoms with Crippen LogP contribution in [0.15, 0.2) is 52.9 Å². The smallest absolute Gasteiger partial charge is 0.415 e. The van der Waals surface area contributed by atoms with Crippen molar-refractivity contribution in [2.24, 2.45) is 5.73 Å². The highest BCUT2D eigenvalue weighted by atomic mass is 35.5. The van der Waals surface area contributed by atoms with Crippen LogP contribution in [-0.4, -0.2) is 30.7 Å². The van der Waals surface area contributed by atoms with Gasteiger partial charge in [0.1, 0.15) is 17.6 Å². The molecule has 0 bridgehead atoms. The summed E-state index contributed by atoms with van der Waals surface area (Å²) in [5.41, 5.74) is 7.17. The van der Waals surface area contributed by atoms with Gasteiger partial charge in [-0.1, -0.05) is 41.9 Å². The highest BCUT2D eigenvalue weighted by Gasteiger charge is 2.27. The zero-order valence-corrected chi connectivity index (χ0v) is 15.3. The van der Waals surface area contributed by atoms with Crippen LogP contribution in [0.4, 0.5) is 4.79 Å². The van der Waals surface area contributed by atoms with Gasteiger partial charge in [-0.3, -0.25) is 0 Å². The Labute approximate surface area is 161 Å². The minimum atomic E-state index is -0.433. The van der Waals surface area contributed by atoms with Crippen molar-refractivity contribution in [2.45, 2.75) is 12.6 Å². The van der Waals surface area contributed by atoms with Gasteiger partial charge in [-0.2, -0.15) is 0 Å². The third kappa shape index (κ3) is 3.78. The number of morpholine rings is 1. The third-order valence-corrected chi connectivity index (χ3v) is 4.78. The van der Waals surface area contributed by atoms with E-state index in [1.54, 1.807) is 23.1 Å². The predicted molar refractivity (Wildman–Crippen MR) is 102 cm³/mol. The van der Waals surface area contributed by atoms with Gasteiger partial charge in [0.05, 0.1) is 24.7 Å². The molecule has 3 aromatic rings. The fraction of sp³-hybridized carbons (Fsp3) is 0.250. The van der Waals surface area contributed by atoms with Gasteiger partial charge in [0.15, 0.2) is 5.58 Å². The third-order valence-electron chi connectivity index (χ3n) is 4.50. The lowest BCUT2D eigenvalue weighted by Gasteiger charge is -2.32. The number of nitrogens with zero attached hydrogens (tertiary/aromatic N) is 1. The molecule has 1 aliphatic rings. The topological polar surface area (TPSA) is 77.9 Å². The zero-order valence-electron chi connectivity index (χ0n) is 14.6. The Morgan fingerprint density at radius 2 is 2.07 bits per heavy atom. The largest absolute Gasteiger partial charge is 0.458 e. The van der Waals surface area contributed by atoms with Gasteiger partial charge in [0.25, 0.3) is 0 Å². The number of ether oxygens (including phenoxy) is 2. The lowest BCUT2D eigenvalue weighted by molar-refractivity contribution is -0.0218. The number of benzene rings is 2. The molecule has 1 fully saturated rings. The molecule has 2 heterocycles. The highest BCUT2D eigenvalue weighted by molar-refractivity contribution is 6.35.